The van der Waals surface area contributed by atoms with Crippen LogP contribution in [0.25, 0.3) is 0 Å². The number of halogens is 3. The number of carbonyl (C=O) groups excluding carboxylic acids is 1. The van der Waals surface area contributed by atoms with Crippen LogP contribution >= 0.6 is 0 Å². The molecule has 1 aromatic rings. The molecule has 0 saturated heterocycles. The number of ether oxygens (including phenoxy) is 1. The molecule has 2 atom stereocenters. The van der Waals surface area contributed by atoms with E-state index in [4.69, 9.17) is 4.74 Å². The van der Waals surface area contributed by atoms with E-state index in [0.717, 1.165) is 19.4 Å². The van der Waals surface area contributed by atoms with Crippen molar-refractivity contribution in [3.63, 3.8) is 0 Å². The molecular formula is C24H32F3NO3. The maximum absolute atomic E-state index is 13.2. The van der Waals surface area contributed by atoms with Crippen LogP contribution in [0.1, 0.15) is 78.4 Å². The third-order valence-corrected chi connectivity index (χ3v) is 6.59. The summed E-state index contributed by atoms with van der Waals surface area (Å²) in [7, 11) is 0. The summed E-state index contributed by atoms with van der Waals surface area (Å²) < 4.78 is 46.0. The van der Waals surface area contributed by atoms with Crippen molar-refractivity contribution in [1.29, 1.82) is 0 Å². The molecule has 2 aliphatic rings. The van der Waals surface area contributed by atoms with Gasteiger partial charge in [0.15, 0.2) is 0 Å². The average molecular weight is 440 g/mol. The lowest BCUT2D eigenvalue weighted by Gasteiger charge is -2.47. The number of alkyl halides is 3. The van der Waals surface area contributed by atoms with E-state index in [1.807, 2.05) is 40.7 Å². The molecular weight excluding hydrogens is 407 g/mol. The van der Waals surface area contributed by atoms with Crippen molar-refractivity contribution in [3.8, 4) is 11.5 Å². The van der Waals surface area contributed by atoms with E-state index in [1.54, 1.807) is 12.1 Å². The monoisotopic (exact) mass is 439 g/mol. The zero-order chi connectivity index (χ0) is 23.6. The standard InChI is InChI=1S/C24H32F3NO3/c1-21(2,3)14-11-17(29)19-15-10-13(20(30)28-23(6,7)24(25,26)27)8-9-16(15)22(4,5)31-18(19)12-14/h8,11-12,15-16,29H,9-10H2,1-7H3,(H,28,30)/t15-,16-/m1/s1. The van der Waals surface area contributed by atoms with Crippen molar-refractivity contribution in [2.75, 3.05) is 0 Å². The van der Waals surface area contributed by atoms with Gasteiger partial charge in [0.05, 0.1) is 0 Å². The highest BCUT2D eigenvalue weighted by atomic mass is 19.4. The van der Waals surface area contributed by atoms with Gasteiger partial charge in [-0.3, -0.25) is 4.79 Å². The van der Waals surface area contributed by atoms with Crippen molar-refractivity contribution < 1.29 is 27.8 Å². The first-order valence-electron chi connectivity index (χ1n) is 10.6. The summed E-state index contributed by atoms with van der Waals surface area (Å²) in [5.41, 5.74) is -1.22. The molecule has 0 bridgehead atoms. The van der Waals surface area contributed by atoms with Gasteiger partial charge in [0.1, 0.15) is 22.6 Å². The molecule has 2 N–H and O–H groups in total. The molecule has 1 aliphatic heterocycles. The first-order valence-corrected chi connectivity index (χ1v) is 10.6. The lowest BCUT2D eigenvalue weighted by molar-refractivity contribution is -0.187. The topological polar surface area (TPSA) is 58.6 Å². The predicted molar refractivity (Wildman–Crippen MR) is 113 cm³/mol. The Bertz CT molecular complexity index is 923. The van der Waals surface area contributed by atoms with E-state index in [9.17, 15) is 23.1 Å². The molecule has 0 fully saturated rings. The van der Waals surface area contributed by atoms with Gasteiger partial charge in [-0.2, -0.15) is 13.2 Å². The molecule has 1 aliphatic carbocycles. The van der Waals surface area contributed by atoms with Crippen molar-refractivity contribution in [3.05, 3.63) is 34.9 Å². The minimum Gasteiger partial charge on any atom is -0.508 e. The van der Waals surface area contributed by atoms with E-state index in [2.05, 4.69) is 5.32 Å². The number of fused-ring (bicyclic) bond motifs is 3. The highest BCUT2D eigenvalue weighted by Gasteiger charge is 2.50. The Morgan fingerprint density at radius 1 is 1.16 bits per heavy atom. The van der Waals surface area contributed by atoms with Crippen LogP contribution < -0.4 is 10.1 Å². The molecule has 4 nitrogen and oxygen atoms in total. The second-order valence-corrected chi connectivity index (χ2v) is 10.8. The number of rotatable bonds is 2. The fraction of sp³-hybridized carbons (Fsp3) is 0.625. The number of allylic oxidation sites excluding steroid dienone is 1. The van der Waals surface area contributed by atoms with Crippen LogP contribution in [0, 0.1) is 5.92 Å². The zero-order valence-corrected chi connectivity index (χ0v) is 19.2. The molecule has 0 aromatic heterocycles. The highest BCUT2D eigenvalue weighted by Crippen LogP contribution is 2.54. The fourth-order valence-corrected chi connectivity index (χ4v) is 4.45. The van der Waals surface area contributed by atoms with Gasteiger partial charge in [-0.25, -0.2) is 0 Å². The number of phenolic OH excluding ortho intramolecular Hbond substituents is 1. The van der Waals surface area contributed by atoms with Crippen molar-refractivity contribution >= 4 is 5.91 Å². The van der Waals surface area contributed by atoms with Gasteiger partial charge in [0, 0.05) is 23.0 Å². The summed E-state index contributed by atoms with van der Waals surface area (Å²) >= 11 is 0. The summed E-state index contributed by atoms with van der Waals surface area (Å²) in [5.74, 6) is -0.290. The van der Waals surface area contributed by atoms with Gasteiger partial charge < -0.3 is 15.2 Å². The lowest BCUT2D eigenvalue weighted by Crippen LogP contribution is -2.55. The van der Waals surface area contributed by atoms with E-state index in [0.29, 0.717) is 23.3 Å². The van der Waals surface area contributed by atoms with Crippen molar-refractivity contribution in [2.24, 2.45) is 5.92 Å². The molecule has 0 spiro atoms. The largest absolute Gasteiger partial charge is 0.508 e. The number of amides is 1. The van der Waals surface area contributed by atoms with Crippen molar-refractivity contribution in [1.82, 2.24) is 5.32 Å². The molecule has 31 heavy (non-hydrogen) atoms. The highest BCUT2D eigenvalue weighted by molar-refractivity contribution is 5.94. The molecule has 3 rings (SSSR count). The number of carbonyl (C=O) groups is 1. The summed E-state index contributed by atoms with van der Waals surface area (Å²) in [4.78, 5) is 12.7. The number of nitrogens with one attached hydrogen (secondary N) is 1. The maximum atomic E-state index is 13.2. The van der Waals surface area contributed by atoms with Crippen LogP contribution in [-0.4, -0.2) is 28.3 Å². The maximum Gasteiger partial charge on any atom is 0.410 e. The summed E-state index contributed by atoms with van der Waals surface area (Å²) in [6, 6.07) is 3.65. The predicted octanol–water partition coefficient (Wildman–Crippen LogP) is 5.74. The number of benzene rings is 1. The molecule has 1 aromatic carbocycles. The quantitative estimate of drug-likeness (QED) is 0.618. The van der Waals surface area contributed by atoms with Crippen molar-refractivity contribution in [2.45, 2.75) is 90.0 Å². The zero-order valence-electron chi connectivity index (χ0n) is 19.2. The molecule has 1 heterocycles. The number of aromatic hydroxyl groups is 1. The Labute approximate surface area is 181 Å². The van der Waals surface area contributed by atoms with Crippen LogP contribution in [-0.2, 0) is 10.2 Å². The molecule has 7 heteroatoms. The molecule has 0 unspecified atom stereocenters. The second-order valence-electron chi connectivity index (χ2n) is 10.8. The Hall–Kier alpha value is -2.18. The summed E-state index contributed by atoms with van der Waals surface area (Å²) in [6.07, 6.45) is -2.13. The van der Waals surface area contributed by atoms with Gasteiger partial charge in [-0.15, -0.1) is 0 Å². The Morgan fingerprint density at radius 3 is 2.32 bits per heavy atom. The van der Waals surface area contributed by atoms with Gasteiger partial charge in [-0.05, 0) is 63.6 Å². The van der Waals surface area contributed by atoms with Crippen LogP contribution in [0.5, 0.6) is 11.5 Å². The van der Waals surface area contributed by atoms with Gasteiger partial charge in [0.25, 0.3) is 0 Å². The third-order valence-electron chi connectivity index (χ3n) is 6.59. The van der Waals surface area contributed by atoms with Crippen LogP contribution in [0.4, 0.5) is 13.2 Å². The third kappa shape index (κ3) is 4.28. The summed E-state index contributed by atoms with van der Waals surface area (Å²) in [6.45, 7) is 12.0. The first-order chi connectivity index (χ1) is 13.9. The van der Waals surface area contributed by atoms with Crippen LogP contribution in [0.15, 0.2) is 23.8 Å². The van der Waals surface area contributed by atoms with E-state index in [1.165, 1.54) is 0 Å². The van der Waals surface area contributed by atoms with Crippen LogP contribution in [0.3, 0.4) is 0 Å². The molecule has 1 amide bonds. The van der Waals surface area contributed by atoms with E-state index in [-0.39, 0.29) is 29.4 Å². The van der Waals surface area contributed by atoms with Crippen LogP contribution in [0.2, 0.25) is 0 Å². The first kappa shape index (κ1) is 23.5. The van der Waals surface area contributed by atoms with Gasteiger partial charge >= 0.3 is 6.18 Å². The van der Waals surface area contributed by atoms with Gasteiger partial charge in [-0.1, -0.05) is 26.8 Å². The Kier molecular flexibility index (Phi) is 5.43. The SMILES string of the molecule is CC(C)(C)c1cc(O)c2c(c1)OC(C)(C)[C@@H]1CC=C(C(=O)NC(C)(C)C(F)(F)F)C[C@@H]21. The number of hydrogen-bond donors (Lipinski definition) is 2. The Morgan fingerprint density at radius 2 is 1.77 bits per heavy atom. The normalized spacial score (nSPS) is 23.2. The second kappa shape index (κ2) is 7.17. The smallest absolute Gasteiger partial charge is 0.410 e. The minimum atomic E-state index is -4.56. The Balaban J connectivity index is 1.97. The number of hydrogen-bond acceptors (Lipinski definition) is 3. The van der Waals surface area contributed by atoms with Gasteiger partial charge in [0.2, 0.25) is 5.91 Å². The van der Waals surface area contributed by atoms with E-state index >= 15 is 0 Å². The molecule has 0 saturated carbocycles. The minimum absolute atomic E-state index is 0.0152. The average Bonchev–Trinajstić information content (AvgIpc) is 2.58. The summed E-state index contributed by atoms with van der Waals surface area (Å²) in [5, 5.41) is 13.0. The fourth-order valence-electron chi connectivity index (χ4n) is 4.45. The lowest BCUT2D eigenvalue weighted by atomic mass is 9.66. The molecule has 172 valence electrons. The number of phenols is 1. The van der Waals surface area contributed by atoms with E-state index < -0.39 is 23.2 Å². The molecule has 0 radical (unpaired) electrons.